The molecule has 7 heteroatoms. The number of carboxylic acid groups (broad SMARTS) is 2. The van der Waals surface area contributed by atoms with Gasteiger partial charge in [-0.2, -0.15) is 0 Å². The topological polar surface area (TPSA) is 119 Å². The van der Waals surface area contributed by atoms with Crippen LogP contribution in [0.2, 0.25) is 0 Å². The second-order valence-electron chi connectivity index (χ2n) is 6.92. The summed E-state index contributed by atoms with van der Waals surface area (Å²) in [7, 11) is 0. The monoisotopic (exact) mass is 366 g/mol. The zero-order chi connectivity index (χ0) is 19.1. The van der Waals surface area contributed by atoms with Crippen molar-refractivity contribution in [1.82, 2.24) is 4.98 Å². The first-order valence-electron chi connectivity index (χ1n) is 8.76. The minimum absolute atomic E-state index is 0.0297. The van der Waals surface area contributed by atoms with Crippen LogP contribution >= 0.6 is 0 Å². The van der Waals surface area contributed by atoms with E-state index >= 15 is 0 Å². The number of benzene rings is 1. The standard InChI is InChI=1S/C20H18N2O5/c23-18(24)7-10-2-1-3-16-13(10)8-12(21-16)9-15-14-6-11(20(26)27)4-5-17(14)22-19(15)25/h4-6,8-10,21H,1-3,7H2,(H,22,25)(H,23,24)(H,26,27). The minimum atomic E-state index is -1.05. The van der Waals surface area contributed by atoms with E-state index in [1.165, 1.54) is 12.1 Å². The van der Waals surface area contributed by atoms with Gasteiger partial charge in [0.2, 0.25) is 0 Å². The summed E-state index contributed by atoms with van der Waals surface area (Å²) in [6, 6.07) is 6.42. The number of aryl methyl sites for hydroxylation is 1. The Kier molecular flexibility index (Phi) is 4.07. The molecule has 27 heavy (non-hydrogen) atoms. The smallest absolute Gasteiger partial charge is 0.335 e. The Morgan fingerprint density at radius 3 is 2.78 bits per heavy atom. The third kappa shape index (κ3) is 3.12. The third-order valence-corrected chi connectivity index (χ3v) is 5.14. The zero-order valence-corrected chi connectivity index (χ0v) is 14.4. The first-order chi connectivity index (χ1) is 12.9. The molecule has 0 fully saturated rings. The highest BCUT2D eigenvalue weighted by Gasteiger charge is 2.27. The molecular weight excluding hydrogens is 348 g/mol. The maximum atomic E-state index is 12.4. The van der Waals surface area contributed by atoms with Crippen LogP contribution in [0.25, 0.3) is 11.6 Å². The predicted octanol–water partition coefficient (Wildman–Crippen LogP) is 3.10. The molecule has 0 radical (unpaired) electrons. The fourth-order valence-electron chi connectivity index (χ4n) is 3.91. The summed E-state index contributed by atoms with van der Waals surface area (Å²) in [5.41, 5.74) is 4.36. The maximum Gasteiger partial charge on any atom is 0.335 e. The molecular formula is C20H18N2O5. The molecule has 7 nitrogen and oxygen atoms in total. The van der Waals surface area contributed by atoms with E-state index < -0.39 is 11.9 Å². The molecule has 4 rings (SSSR count). The second-order valence-corrected chi connectivity index (χ2v) is 6.92. The van der Waals surface area contributed by atoms with E-state index in [1.54, 1.807) is 12.1 Å². The highest BCUT2D eigenvalue weighted by atomic mass is 16.4. The lowest BCUT2D eigenvalue weighted by Crippen LogP contribution is -2.12. The first-order valence-corrected chi connectivity index (χ1v) is 8.76. The molecule has 1 atom stereocenters. The lowest BCUT2D eigenvalue weighted by Gasteiger charge is -2.20. The van der Waals surface area contributed by atoms with Crippen LogP contribution in [0.5, 0.6) is 0 Å². The van der Waals surface area contributed by atoms with Crippen molar-refractivity contribution in [3.8, 4) is 0 Å². The summed E-state index contributed by atoms with van der Waals surface area (Å²) in [5.74, 6) is -2.19. The number of carboxylic acids is 2. The van der Waals surface area contributed by atoms with Crippen molar-refractivity contribution in [1.29, 1.82) is 0 Å². The van der Waals surface area contributed by atoms with Gasteiger partial charge in [-0.1, -0.05) is 0 Å². The maximum absolute atomic E-state index is 12.4. The fourth-order valence-corrected chi connectivity index (χ4v) is 3.91. The third-order valence-electron chi connectivity index (χ3n) is 5.14. The van der Waals surface area contributed by atoms with Crippen molar-refractivity contribution in [2.75, 3.05) is 5.32 Å². The highest BCUT2D eigenvalue weighted by Crippen LogP contribution is 2.37. The summed E-state index contributed by atoms with van der Waals surface area (Å²) in [6.45, 7) is 0. The Bertz CT molecular complexity index is 1000. The number of amides is 1. The molecule has 0 spiro atoms. The molecule has 0 saturated carbocycles. The summed E-state index contributed by atoms with van der Waals surface area (Å²) >= 11 is 0. The van der Waals surface area contributed by atoms with Crippen molar-refractivity contribution in [3.05, 3.63) is 52.3 Å². The second kappa shape index (κ2) is 6.42. The number of carbonyl (C=O) groups is 3. The van der Waals surface area contributed by atoms with Gasteiger partial charge in [-0.15, -0.1) is 0 Å². The van der Waals surface area contributed by atoms with Crippen LogP contribution in [-0.2, 0) is 16.0 Å². The van der Waals surface area contributed by atoms with Gasteiger partial charge >= 0.3 is 11.9 Å². The average molecular weight is 366 g/mol. The van der Waals surface area contributed by atoms with Crippen LogP contribution in [0.15, 0.2) is 24.3 Å². The lowest BCUT2D eigenvalue weighted by atomic mass is 9.85. The first kappa shape index (κ1) is 17.1. The number of hydrogen-bond acceptors (Lipinski definition) is 3. The molecule has 2 heterocycles. The van der Waals surface area contributed by atoms with E-state index in [-0.39, 0.29) is 23.8 Å². The van der Waals surface area contributed by atoms with E-state index in [4.69, 9.17) is 5.11 Å². The molecule has 1 aliphatic heterocycles. The van der Waals surface area contributed by atoms with Gasteiger partial charge in [-0.05, 0) is 61.1 Å². The molecule has 1 amide bonds. The number of nitrogens with one attached hydrogen (secondary N) is 2. The highest BCUT2D eigenvalue weighted by molar-refractivity contribution is 6.35. The van der Waals surface area contributed by atoms with Gasteiger partial charge in [0.1, 0.15) is 0 Å². The molecule has 2 aliphatic rings. The number of hydrogen-bond donors (Lipinski definition) is 4. The number of aliphatic carboxylic acids is 1. The normalized spacial score (nSPS) is 19.5. The number of carbonyl (C=O) groups excluding carboxylic acids is 1. The quantitative estimate of drug-likeness (QED) is 0.620. The predicted molar refractivity (Wildman–Crippen MR) is 98.6 cm³/mol. The van der Waals surface area contributed by atoms with Crippen LogP contribution in [0.1, 0.15) is 58.1 Å². The fraction of sp³-hybridized carbons (Fsp3) is 0.250. The number of aromatic carboxylic acids is 1. The van der Waals surface area contributed by atoms with Crippen molar-refractivity contribution in [3.63, 3.8) is 0 Å². The Balaban J connectivity index is 1.72. The van der Waals surface area contributed by atoms with Crippen molar-refractivity contribution < 1.29 is 24.6 Å². The molecule has 4 N–H and O–H groups in total. The van der Waals surface area contributed by atoms with E-state index in [2.05, 4.69) is 10.3 Å². The Morgan fingerprint density at radius 2 is 2.04 bits per heavy atom. The molecule has 1 aromatic heterocycles. The van der Waals surface area contributed by atoms with Crippen LogP contribution < -0.4 is 5.32 Å². The number of aromatic amines is 1. The molecule has 1 aliphatic carbocycles. The average Bonchev–Trinajstić information content (AvgIpc) is 3.16. The van der Waals surface area contributed by atoms with Gasteiger partial charge < -0.3 is 20.5 Å². The number of H-pyrrole nitrogens is 1. The van der Waals surface area contributed by atoms with Crippen LogP contribution in [0.4, 0.5) is 5.69 Å². The molecule has 138 valence electrons. The van der Waals surface area contributed by atoms with Gasteiger partial charge in [-0.3, -0.25) is 9.59 Å². The number of fused-ring (bicyclic) bond motifs is 2. The van der Waals surface area contributed by atoms with Gasteiger partial charge in [-0.25, -0.2) is 4.79 Å². The number of aromatic nitrogens is 1. The minimum Gasteiger partial charge on any atom is -0.481 e. The van der Waals surface area contributed by atoms with Crippen LogP contribution in [0, 0.1) is 0 Å². The van der Waals surface area contributed by atoms with Gasteiger partial charge in [0.25, 0.3) is 5.91 Å². The number of rotatable bonds is 4. The Labute approximate surface area is 154 Å². The van der Waals surface area contributed by atoms with E-state index in [9.17, 15) is 19.5 Å². The summed E-state index contributed by atoms with van der Waals surface area (Å²) in [6.07, 6.45) is 4.39. The van der Waals surface area contributed by atoms with Crippen LogP contribution in [-0.4, -0.2) is 33.0 Å². The van der Waals surface area contributed by atoms with E-state index in [0.717, 1.165) is 36.2 Å². The molecule has 0 saturated heterocycles. The van der Waals surface area contributed by atoms with E-state index in [1.807, 2.05) is 6.07 Å². The summed E-state index contributed by atoms with van der Waals surface area (Å²) in [4.78, 5) is 38.0. The largest absolute Gasteiger partial charge is 0.481 e. The van der Waals surface area contributed by atoms with Crippen molar-refractivity contribution in [2.24, 2.45) is 0 Å². The van der Waals surface area contributed by atoms with Crippen molar-refractivity contribution in [2.45, 2.75) is 31.6 Å². The molecule has 2 aromatic rings. The van der Waals surface area contributed by atoms with Crippen molar-refractivity contribution >= 4 is 35.2 Å². The van der Waals surface area contributed by atoms with E-state index in [0.29, 0.717) is 16.8 Å². The molecule has 1 aromatic carbocycles. The summed E-state index contributed by atoms with van der Waals surface area (Å²) < 4.78 is 0. The van der Waals surface area contributed by atoms with Crippen LogP contribution in [0.3, 0.4) is 0 Å². The Hall–Kier alpha value is -3.35. The Morgan fingerprint density at radius 1 is 1.22 bits per heavy atom. The van der Waals surface area contributed by atoms with Gasteiger partial charge in [0.05, 0.1) is 17.6 Å². The lowest BCUT2D eigenvalue weighted by molar-refractivity contribution is -0.137. The summed E-state index contributed by atoms with van der Waals surface area (Å²) in [5, 5.41) is 21.0. The molecule has 1 unspecified atom stereocenters. The van der Waals surface area contributed by atoms with Gasteiger partial charge in [0, 0.05) is 22.6 Å². The van der Waals surface area contributed by atoms with Gasteiger partial charge in [0.15, 0.2) is 0 Å². The molecule has 0 bridgehead atoms. The zero-order valence-electron chi connectivity index (χ0n) is 14.4. The SMILES string of the molecule is O=C(O)CC1CCCc2[nH]c(C=C3C(=O)Nc4ccc(C(=O)O)cc43)cc21. The number of anilines is 1.